The van der Waals surface area contributed by atoms with E-state index in [1.165, 1.54) is 83.5 Å². The lowest BCUT2D eigenvalue weighted by Crippen LogP contribution is -2.30. The predicted molar refractivity (Wildman–Crippen MR) is 436 cm³/mol. The summed E-state index contributed by atoms with van der Waals surface area (Å²) in [6.45, 7) is 4.68. The molecule has 0 rings (SSSR count). The minimum absolute atomic E-state index is 0.0746. The topological polar surface area (TPSA) is 237 Å². The molecule has 0 spiro atoms. The Labute approximate surface area is 645 Å². The Morgan fingerprint density at radius 2 is 0.509 bits per heavy atom. The quantitative estimate of drug-likeness (QED) is 0.0169. The summed E-state index contributed by atoms with van der Waals surface area (Å²) in [6.07, 6.45) is 86.2. The second kappa shape index (κ2) is 78.8. The van der Waals surface area contributed by atoms with Gasteiger partial charge in [0.25, 0.3) is 0 Å². The van der Waals surface area contributed by atoms with Gasteiger partial charge in [0.05, 0.1) is 26.4 Å². The monoisotopic (exact) mass is 1530 g/mol. The van der Waals surface area contributed by atoms with Crippen LogP contribution in [-0.4, -0.2) is 96.7 Å². The molecule has 17 nitrogen and oxygen atoms in total. The highest BCUT2D eigenvalue weighted by Crippen LogP contribution is 2.45. The first kappa shape index (κ1) is 102. The average molecular weight is 1530 g/mol. The van der Waals surface area contributed by atoms with Crippen molar-refractivity contribution in [3.8, 4) is 0 Å². The number of ether oxygens (including phenoxy) is 4. The van der Waals surface area contributed by atoms with Gasteiger partial charge in [0.2, 0.25) is 0 Å². The summed E-state index contributed by atoms with van der Waals surface area (Å²) in [5, 5.41) is 10.7. The minimum Gasteiger partial charge on any atom is -0.462 e. The van der Waals surface area contributed by atoms with Gasteiger partial charge in [-0.05, 0) is 128 Å². The third kappa shape index (κ3) is 77.9. The third-order valence-electron chi connectivity index (χ3n) is 17.7. The fourth-order valence-corrected chi connectivity index (χ4v) is 12.9. The van der Waals surface area contributed by atoms with E-state index in [1.807, 2.05) is 0 Å². The van der Waals surface area contributed by atoms with Crippen molar-refractivity contribution in [2.24, 2.45) is 0 Å². The maximum Gasteiger partial charge on any atom is 0.472 e. The molecule has 0 fully saturated rings. The zero-order valence-electron chi connectivity index (χ0n) is 67.1. The van der Waals surface area contributed by atoms with Gasteiger partial charge in [-0.15, -0.1) is 0 Å². The average Bonchev–Trinajstić information content (AvgIpc) is 0.901. The molecule has 0 aliphatic rings. The number of unbranched alkanes of at least 4 members (excludes halogenated alkanes) is 35. The SMILES string of the molecule is CC/C=C\C/C=C\C/C=C\C/C=C\CCCCCCCCC(=O)OCC(COP(=O)(O)OCC(O)COP(=O)(O)OCC(COC(=O)CCCCCCCC/C=C\C/C=C\C/C=C\CCCCC)OC(=O)CCCCCCCCCCCCCCCCC)OC(=O)CCCCCCC/C=C\C/C=C\CCC. The molecule has 106 heavy (non-hydrogen) atoms. The van der Waals surface area contributed by atoms with E-state index in [1.54, 1.807) is 0 Å². The predicted octanol–water partition coefficient (Wildman–Crippen LogP) is 24.9. The van der Waals surface area contributed by atoms with Gasteiger partial charge in [0, 0.05) is 25.7 Å². The Balaban J connectivity index is 5.35. The molecule has 0 bridgehead atoms. The zero-order chi connectivity index (χ0) is 77.4. The highest BCUT2D eigenvalue weighted by molar-refractivity contribution is 7.47. The fraction of sp³-hybridized carbons (Fsp3) is 0.747. The van der Waals surface area contributed by atoms with E-state index in [4.69, 9.17) is 37.0 Å². The standard InChI is InChI=1S/C87H152O17P2/c1-5-9-13-17-21-25-29-33-36-38-40-42-45-48-51-55-59-63-67-71-84(89)97-77-82(103-86(91)73-69-65-61-57-53-47-32-28-24-20-16-12-8-4)79-101-105(93,94)99-75-81(88)76-100-106(95,96)102-80-83(104-87(92)74-70-66-62-58-54-50-44-35-31-27-23-19-15-11-7-3)78-98-85(90)72-68-64-60-56-52-49-46-43-41-39-37-34-30-26-22-18-14-10-6-2/h9,13,16,20-22,25-26,28,32-34,36-37,40-43,81-83,88H,5-8,10-12,14-15,17-19,23-24,27,29-31,35,38-39,44-80H2,1-4H3,(H,93,94)(H,95,96)/b13-9-,20-16-,25-21-,26-22-,32-28-,36-33-,37-34-,42-40-,43-41-. The number of rotatable bonds is 79. The number of aliphatic hydroxyl groups is 1. The van der Waals surface area contributed by atoms with E-state index in [2.05, 4.69) is 137 Å². The molecule has 5 atom stereocenters. The van der Waals surface area contributed by atoms with Gasteiger partial charge in [0.1, 0.15) is 19.3 Å². The summed E-state index contributed by atoms with van der Waals surface area (Å²) >= 11 is 0. The molecule has 0 saturated heterocycles. The van der Waals surface area contributed by atoms with Gasteiger partial charge in [-0.1, -0.05) is 317 Å². The van der Waals surface area contributed by atoms with Gasteiger partial charge in [-0.3, -0.25) is 37.3 Å². The van der Waals surface area contributed by atoms with Crippen molar-refractivity contribution in [2.75, 3.05) is 39.6 Å². The minimum atomic E-state index is -4.99. The second-order valence-corrected chi connectivity index (χ2v) is 30.9. The Bertz CT molecular complexity index is 2430. The highest BCUT2D eigenvalue weighted by atomic mass is 31.2. The molecule has 0 aromatic carbocycles. The number of esters is 4. The van der Waals surface area contributed by atoms with Crippen LogP contribution in [-0.2, 0) is 65.4 Å². The number of aliphatic hydroxyl groups excluding tert-OH is 1. The molecule has 612 valence electrons. The first-order valence-electron chi connectivity index (χ1n) is 42.1. The molecule has 0 aliphatic carbocycles. The Kier molecular flexibility index (Phi) is 75.6. The fourth-order valence-electron chi connectivity index (χ4n) is 11.3. The Morgan fingerprint density at radius 1 is 0.274 bits per heavy atom. The van der Waals surface area contributed by atoms with Crippen molar-refractivity contribution in [3.63, 3.8) is 0 Å². The van der Waals surface area contributed by atoms with Gasteiger partial charge >= 0.3 is 39.5 Å². The summed E-state index contributed by atoms with van der Waals surface area (Å²) in [5.74, 6) is -2.20. The number of phosphoric acid groups is 2. The summed E-state index contributed by atoms with van der Waals surface area (Å²) in [6, 6.07) is 0. The highest BCUT2D eigenvalue weighted by Gasteiger charge is 2.30. The number of hydrogen-bond donors (Lipinski definition) is 3. The molecule has 0 radical (unpaired) electrons. The normalized spacial score (nSPS) is 14.4. The third-order valence-corrected chi connectivity index (χ3v) is 19.6. The molecular weight excluding hydrogens is 1380 g/mol. The maximum absolute atomic E-state index is 13.1. The Hall–Kier alpha value is -4.28. The van der Waals surface area contributed by atoms with Crippen LogP contribution in [0.5, 0.6) is 0 Å². The van der Waals surface area contributed by atoms with Crippen molar-refractivity contribution in [2.45, 2.75) is 380 Å². The maximum atomic E-state index is 13.1. The van der Waals surface area contributed by atoms with Gasteiger partial charge in [0.15, 0.2) is 12.2 Å². The smallest absolute Gasteiger partial charge is 0.462 e. The molecular formula is C87H152O17P2. The van der Waals surface area contributed by atoms with Crippen LogP contribution in [0.1, 0.15) is 362 Å². The van der Waals surface area contributed by atoms with Crippen LogP contribution in [0.25, 0.3) is 0 Å². The molecule has 0 aliphatic heterocycles. The molecule has 3 N–H and O–H groups in total. The van der Waals surface area contributed by atoms with Crippen molar-refractivity contribution in [3.05, 3.63) is 109 Å². The van der Waals surface area contributed by atoms with Crippen LogP contribution in [0, 0.1) is 0 Å². The van der Waals surface area contributed by atoms with Crippen LogP contribution in [0.4, 0.5) is 0 Å². The number of carbonyl (C=O) groups excluding carboxylic acids is 4. The van der Waals surface area contributed by atoms with E-state index in [9.17, 15) is 43.2 Å². The first-order chi connectivity index (χ1) is 51.7. The molecule has 0 heterocycles. The van der Waals surface area contributed by atoms with Crippen LogP contribution in [0.2, 0.25) is 0 Å². The van der Waals surface area contributed by atoms with E-state index < -0.39 is 97.5 Å². The summed E-state index contributed by atoms with van der Waals surface area (Å²) in [4.78, 5) is 73.2. The lowest BCUT2D eigenvalue weighted by molar-refractivity contribution is -0.161. The number of phosphoric ester groups is 2. The van der Waals surface area contributed by atoms with Crippen LogP contribution in [0.3, 0.4) is 0 Å². The molecule has 5 unspecified atom stereocenters. The van der Waals surface area contributed by atoms with Crippen molar-refractivity contribution in [1.82, 2.24) is 0 Å². The zero-order valence-corrected chi connectivity index (χ0v) is 68.9. The van der Waals surface area contributed by atoms with E-state index in [-0.39, 0.29) is 25.7 Å². The number of hydrogen-bond acceptors (Lipinski definition) is 15. The molecule has 0 aromatic rings. The Morgan fingerprint density at radius 3 is 0.811 bits per heavy atom. The van der Waals surface area contributed by atoms with E-state index in [0.717, 1.165) is 199 Å². The molecule has 0 saturated carbocycles. The van der Waals surface area contributed by atoms with Crippen molar-refractivity contribution >= 4 is 39.5 Å². The number of carbonyl (C=O) groups is 4. The number of allylic oxidation sites excluding steroid dienone is 18. The van der Waals surface area contributed by atoms with Gasteiger partial charge in [-0.2, -0.15) is 0 Å². The van der Waals surface area contributed by atoms with E-state index >= 15 is 0 Å². The second-order valence-electron chi connectivity index (χ2n) is 28.0. The molecule has 19 heteroatoms. The first-order valence-corrected chi connectivity index (χ1v) is 45.1. The lowest BCUT2D eigenvalue weighted by Gasteiger charge is -2.21. The molecule has 0 amide bonds. The van der Waals surface area contributed by atoms with E-state index in [0.29, 0.717) is 25.7 Å². The summed E-state index contributed by atoms with van der Waals surface area (Å²) in [5.41, 5.74) is 0. The van der Waals surface area contributed by atoms with Gasteiger partial charge in [-0.25, -0.2) is 9.13 Å². The van der Waals surface area contributed by atoms with Crippen molar-refractivity contribution in [1.29, 1.82) is 0 Å². The van der Waals surface area contributed by atoms with Gasteiger partial charge < -0.3 is 33.8 Å². The largest absolute Gasteiger partial charge is 0.472 e. The lowest BCUT2D eigenvalue weighted by atomic mass is 10.0. The molecule has 0 aromatic heterocycles. The summed E-state index contributed by atoms with van der Waals surface area (Å²) in [7, 11) is -9.97. The van der Waals surface area contributed by atoms with Crippen molar-refractivity contribution < 1.29 is 80.2 Å². The summed E-state index contributed by atoms with van der Waals surface area (Å²) < 4.78 is 68.7. The van der Waals surface area contributed by atoms with Crippen LogP contribution in [0.15, 0.2) is 109 Å². The van der Waals surface area contributed by atoms with Crippen LogP contribution >= 0.6 is 15.6 Å². The van der Waals surface area contributed by atoms with Crippen LogP contribution < -0.4 is 0 Å².